The Hall–Kier alpha value is -2.47. The van der Waals surface area contributed by atoms with E-state index < -0.39 is 0 Å². The molecular formula is C28H36N4OS. The molecule has 2 aromatic rings. The number of benzene rings is 1. The molecular weight excluding hydrogens is 440 g/mol. The van der Waals surface area contributed by atoms with E-state index in [0.29, 0.717) is 12.1 Å². The average Bonchev–Trinajstić information content (AvgIpc) is 3.45. The van der Waals surface area contributed by atoms with Crippen LogP contribution in [-0.4, -0.2) is 46.7 Å². The van der Waals surface area contributed by atoms with Gasteiger partial charge in [0, 0.05) is 43.4 Å². The minimum atomic E-state index is 0.141. The maximum atomic E-state index is 13.7. The Bertz CT molecular complexity index is 1060. The van der Waals surface area contributed by atoms with Crippen LogP contribution in [0.25, 0.3) is 11.8 Å². The van der Waals surface area contributed by atoms with Gasteiger partial charge < -0.3 is 9.47 Å². The van der Waals surface area contributed by atoms with Crippen molar-refractivity contribution in [2.45, 2.75) is 76.3 Å². The Kier molecular flexibility index (Phi) is 7.14. The molecule has 1 aromatic heterocycles. The molecule has 2 aliphatic carbocycles. The summed E-state index contributed by atoms with van der Waals surface area (Å²) < 4.78 is 2.15. The molecule has 6 heteroatoms. The molecule has 5 rings (SSSR count). The van der Waals surface area contributed by atoms with Gasteiger partial charge in [-0.2, -0.15) is 0 Å². The van der Waals surface area contributed by atoms with Crippen LogP contribution in [0, 0.1) is 0 Å². The Morgan fingerprint density at radius 3 is 2.29 bits per heavy atom. The fourth-order valence-electron chi connectivity index (χ4n) is 5.40. The SMILES string of the molecule is CN(C)c1ccc(-n2cccc2/C=C2\SC(=NC3CCCCC3)N(C3CCCCC3)C2=O)cc1. The number of anilines is 1. The van der Waals surface area contributed by atoms with Crippen LogP contribution in [-0.2, 0) is 4.79 Å². The smallest absolute Gasteiger partial charge is 0.267 e. The van der Waals surface area contributed by atoms with Gasteiger partial charge in [-0.15, -0.1) is 0 Å². The van der Waals surface area contributed by atoms with Gasteiger partial charge in [0.25, 0.3) is 5.91 Å². The number of aliphatic imine (C=N–C) groups is 1. The molecule has 1 aromatic carbocycles. The minimum Gasteiger partial charge on any atom is -0.378 e. The van der Waals surface area contributed by atoms with Crippen molar-refractivity contribution in [1.82, 2.24) is 9.47 Å². The van der Waals surface area contributed by atoms with E-state index >= 15 is 0 Å². The summed E-state index contributed by atoms with van der Waals surface area (Å²) in [6.45, 7) is 0. The van der Waals surface area contributed by atoms with Gasteiger partial charge in [-0.1, -0.05) is 38.5 Å². The monoisotopic (exact) mass is 476 g/mol. The Labute approximate surface area is 207 Å². The molecule has 180 valence electrons. The van der Waals surface area contributed by atoms with Gasteiger partial charge >= 0.3 is 0 Å². The van der Waals surface area contributed by atoms with Crippen LogP contribution >= 0.6 is 11.8 Å². The molecule has 3 aliphatic rings. The lowest BCUT2D eigenvalue weighted by Gasteiger charge is -2.31. The van der Waals surface area contributed by atoms with Crippen molar-refractivity contribution in [1.29, 1.82) is 0 Å². The van der Waals surface area contributed by atoms with E-state index in [4.69, 9.17) is 4.99 Å². The predicted octanol–water partition coefficient (Wildman–Crippen LogP) is 6.48. The maximum Gasteiger partial charge on any atom is 0.267 e. The average molecular weight is 477 g/mol. The van der Waals surface area contributed by atoms with E-state index in [-0.39, 0.29) is 5.91 Å². The number of hydrogen-bond donors (Lipinski definition) is 0. The molecule has 1 aliphatic heterocycles. The lowest BCUT2D eigenvalue weighted by molar-refractivity contribution is -0.124. The largest absolute Gasteiger partial charge is 0.378 e. The fourth-order valence-corrected chi connectivity index (χ4v) is 6.49. The van der Waals surface area contributed by atoms with Gasteiger partial charge in [-0.05, 0) is 79.9 Å². The highest BCUT2D eigenvalue weighted by atomic mass is 32.2. The Morgan fingerprint density at radius 1 is 0.941 bits per heavy atom. The summed E-state index contributed by atoms with van der Waals surface area (Å²) >= 11 is 1.59. The van der Waals surface area contributed by atoms with Crippen LogP contribution in [0.4, 0.5) is 5.69 Å². The van der Waals surface area contributed by atoms with E-state index in [1.54, 1.807) is 11.8 Å². The first-order chi connectivity index (χ1) is 16.6. The molecule has 1 amide bonds. The van der Waals surface area contributed by atoms with E-state index in [0.717, 1.165) is 47.1 Å². The lowest BCUT2D eigenvalue weighted by atomic mass is 9.94. The van der Waals surface area contributed by atoms with Gasteiger partial charge in [0.2, 0.25) is 0 Å². The van der Waals surface area contributed by atoms with Crippen molar-refractivity contribution in [3.8, 4) is 5.69 Å². The molecule has 34 heavy (non-hydrogen) atoms. The highest BCUT2D eigenvalue weighted by Gasteiger charge is 2.39. The molecule has 0 bridgehead atoms. The molecule has 3 fully saturated rings. The number of hydrogen-bond acceptors (Lipinski definition) is 4. The van der Waals surface area contributed by atoms with Gasteiger partial charge in [0.05, 0.1) is 10.9 Å². The van der Waals surface area contributed by atoms with Crippen LogP contribution in [0.5, 0.6) is 0 Å². The van der Waals surface area contributed by atoms with Crippen LogP contribution in [0.1, 0.15) is 69.9 Å². The lowest BCUT2D eigenvalue weighted by Crippen LogP contribution is -2.41. The van der Waals surface area contributed by atoms with E-state index in [1.165, 1.54) is 44.2 Å². The summed E-state index contributed by atoms with van der Waals surface area (Å²) in [6.07, 6.45) is 16.2. The predicted molar refractivity (Wildman–Crippen MR) is 144 cm³/mol. The second kappa shape index (κ2) is 10.4. The fraction of sp³-hybridized carbons (Fsp3) is 0.500. The van der Waals surface area contributed by atoms with E-state index in [2.05, 4.69) is 57.0 Å². The van der Waals surface area contributed by atoms with Gasteiger partial charge in [0.15, 0.2) is 5.17 Å². The number of amides is 1. The summed E-state index contributed by atoms with van der Waals surface area (Å²) in [4.78, 5) is 23.8. The van der Waals surface area contributed by atoms with Crippen LogP contribution in [0.15, 0.2) is 52.5 Å². The van der Waals surface area contributed by atoms with Crippen molar-refractivity contribution in [3.05, 3.63) is 53.2 Å². The first kappa shape index (κ1) is 23.3. The third kappa shape index (κ3) is 4.97. The van der Waals surface area contributed by atoms with Gasteiger partial charge in [0.1, 0.15) is 0 Å². The molecule has 0 unspecified atom stereocenters. The zero-order valence-electron chi connectivity index (χ0n) is 20.4. The number of thioether (sulfide) groups is 1. The minimum absolute atomic E-state index is 0.141. The van der Waals surface area contributed by atoms with Crippen molar-refractivity contribution in [3.63, 3.8) is 0 Å². The summed E-state index contributed by atoms with van der Waals surface area (Å²) in [5, 5.41) is 0.948. The first-order valence-corrected chi connectivity index (χ1v) is 13.7. The molecule has 2 saturated carbocycles. The number of rotatable bonds is 5. The number of carbonyl (C=O) groups excluding carboxylic acids is 1. The molecule has 0 atom stereocenters. The second-order valence-electron chi connectivity index (χ2n) is 10.00. The normalized spacial score (nSPS) is 22.8. The topological polar surface area (TPSA) is 40.8 Å². The zero-order chi connectivity index (χ0) is 23.5. The van der Waals surface area contributed by atoms with Crippen molar-refractivity contribution in [2.75, 3.05) is 19.0 Å². The quantitative estimate of drug-likeness (QED) is 0.464. The van der Waals surface area contributed by atoms with Crippen LogP contribution in [0.2, 0.25) is 0 Å². The molecule has 0 N–H and O–H groups in total. The maximum absolute atomic E-state index is 13.7. The third-order valence-electron chi connectivity index (χ3n) is 7.35. The third-order valence-corrected chi connectivity index (χ3v) is 8.35. The molecule has 0 radical (unpaired) electrons. The standard InChI is InChI=1S/C28H36N4OS/c1-30(2)22-15-17-23(18-16-22)31-19-9-14-25(31)20-26-27(33)32(24-12-7-4-8-13-24)28(34-26)29-21-10-5-3-6-11-21/h9,14-21,24H,3-8,10-13H2,1-2H3/b26-20-,29-28?. The number of nitrogens with zero attached hydrogens (tertiary/aromatic N) is 4. The van der Waals surface area contributed by atoms with Crippen molar-refractivity contribution < 1.29 is 4.79 Å². The summed E-state index contributed by atoms with van der Waals surface area (Å²) in [5.74, 6) is 0.141. The highest BCUT2D eigenvalue weighted by molar-refractivity contribution is 8.18. The Balaban J connectivity index is 1.44. The van der Waals surface area contributed by atoms with Crippen LogP contribution in [0.3, 0.4) is 0 Å². The van der Waals surface area contributed by atoms with Gasteiger partial charge in [-0.25, -0.2) is 0 Å². The number of amidine groups is 1. The molecule has 1 saturated heterocycles. The molecule has 5 nitrogen and oxygen atoms in total. The second-order valence-corrected chi connectivity index (χ2v) is 11.0. The summed E-state index contributed by atoms with van der Waals surface area (Å²) in [5.41, 5.74) is 3.29. The molecule has 2 heterocycles. The summed E-state index contributed by atoms with van der Waals surface area (Å²) in [6, 6.07) is 13.3. The first-order valence-electron chi connectivity index (χ1n) is 12.9. The van der Waals surface area contributed by atoms with E-state index in [9.17, 15) is 4.79 Å². The van der Waals surface area contributed by atoms with Gasteiger partial charge in [-0.3, -0.25) is 14.7 Å². The summed E-state index contributed by atoms with van der Waals surface area (Å²) in [7, 11) is 4.10. The number of aromatic nitrogens is 1. The van der Waals surface area contributed by atoms with Crippen molar-refractivity contribution >= 4 is 34.6 Å². The highest BCUT2D eigenvalue weighted by Crippen LogP contribution is 2.38. The van der Waals surface area contributed by atoms with E-state index in [1.807, 2.05) is 20.2 Å². The molecule has 0 spiro atoms. The number of carbonyl (C=O) groups is 1. The van der Waals surface area contributed by atoms with Crippen molar-refractivity contribution in [2.24, 2.45) is 4.99 Å². The zero-order valence-corrected chi connectivity index (χ0v) is 21.3. The Morgan fingerprint density at radius 2 is 1.62 bits per heavy atom. The van der Waals surface area contributed by atoms with Crippen LogP contribution < -0.4 is 4.90 Å².